The predicted octanol–water partition coefficient (Wildman–Crippen LogP) is 3.69. The van der Waals surface area contributed by atoms with Gasteiger partial charge in [-0.05, 0) is 47.8 Å². The van der Waals surface area contributed by atoms with E-state index in [1.54, 1.807) is 11.3 Å². The van der Waals surface area contributed by atoms with Gasteiger partial charge >= 0.3 is 0 Å². The first kappa shape index (κ1) is 16.9. The second-order valence-electron chi connectivity index (χ2n) is 6.20. The van der Waals surface area contributed by atoms with Crippen LogP contribution in [0.5, 0.6) is 0 Å². The average molecular weight is 367 g/mol. The minimum atomic E-state index is -0.0920. The van der Waals surface area contributed by atoms with Gasteiger partial charge < -0.3 is 19.5 Å². The maximum absolute atomic E-state index is 12.7. The van der Waals surface area contributed by atoms with Gasteiger partial charge in [-0.2, -0.15) is 0 Å². The standard InChI is InChI=1S/C20H21N3O2S/c24-20(19-4-1-9-23(19)15-18-3-2-14-26-18)21-16-5-7-17(8-6-16)22-10-12-25-13-11-22/h1-9,14H,10-13,15H2,(H,21,24). The Balaban J connectivity index is 1.42. The van der Waals surface area contributed by atoms with Crippen molar-refractivity contribution in [2.24, 2.45) is 0 Å². The largest absolute Gasteiger partial charge is 0.378 e. The van der Waals surface area contributed by atoms with Gasteiger partial charge in [-0.1, -0.05) is 6.07 Å². The summed E-state index contributed by atoms with van der Waals surface area (Å²) in [5, 5.41) is 5.05. The second kappa shape index (κ2) is 7.76. The highest BCUT2D eigenvalue weighted by molar-refractivity contribution is 7.09. The smallest absolute Gasteiger partial charge is 0.272 e. The van der Waals surface area contributed by atoms with E-state index in [1.807, 2.05) is 53.2 Å². The molecule has 0 atom stereocenters. The molecule has 0 radical (unpaired) electrons. The Morgan fingerprint density at radius 3 is 2.62 bits per heavy atom. The van der Waals surface area contributed by atoms with Crippen molar-refractivity contribution in [2.75, 3.05) is 36.5 Å². The van der Waals surface area contributed by atoms with E-state index in [9.17, 15) is 4.79 Å². The highest BCUT2D eigenvalue weighted by atomic mass is 32.1. The lowest BCUT2D eigenvalue weighted by Gasteiger charge is -2.28. The summed E-state index contributed by atoms with van der Waals surface area (Å²) in [4.78, 5) is 16.2. The van der Waals surface area contributed by atoms with Crippen molar-refractivity contribution in [3.63, 3.8) is 0 Å². The predicted molar refractivity (Wildman–Crippen MR) is 105 cm³/mol. The Morgan fingerprint density at radius 2 is 1.88 bits per heavy atom. The molecule has 0 bridgehead atoms. The van der Waals surface area contributed by atoms with Crippen molar-refractivity contribution in [1.29, 1.82) is 0 Å². The third-order valence-electron chi connectivity index (χ3n) is 4.47. The first-order chi connectivity index (χ1) is 12.8. The molecule has 1 aliphatic heterocycles. The van der Waals surface area contributed by atoms with Crippen LogP contribution in [-0.4, -0.2) is 36.8 Å². The zero-order valence-corrected chi connectivity index (χ0v) is 15.2. The average Bonchev–Trinajstić information content (AvgIpc) is 3.35. The van der Waals surface area contributed by atoms with Crippen LogP contribution in [0.25, 0.3) is 0 Å². The van der Waals surface area contributed by atoms with Gasteiger partial charge in [-0.3, -0.25) is 4.79 Å². The summed E-state index contributed by atoms with van der Waals surface area (Å²) in [6, 6.07) is 15.9. The molecule has 6 heteroatoms. The minimum Gasteiger partial charge on any atom is -0.378 e. The van der Waals surface area contributed by atoms with Crippen molar-refractivity contribution >= 4 is 28.6 Å². The van der Waals surface area contributed by atoms with Crippen LogP contribution in [0.2, 0.25) is 0 Å². The first-order valence-corrected chi connectivity index (χ1v) is 9.59. The Bertz CT molecular complexity index is 850. The number of amides is 1. The third-order valence-corrected chi connectivity index (χ3v) is 5.33. The first-order valence-electron chi connectivity index (χ1n) is 8.71. The van der Waals surface area contributed by atoms with E-state index in [2.05, 4.69) is 21.7 Å². The molecule has 4 rings (SSSR count). The molecule has 1 amide bonds. The number of benzene rings is 1. The molecule has 3 aromatic rings. The number of thiophene rings is 1. The van der Waals surface area contributed by atoms with Crippen LogP contribution in [0.15, 0.2) is 60.1 Å². The molecule has 0 spiro atoms. The monoisotopic (exact) mass is 367 g/mol. The topological polar surface area (TPSA) is 46.5 Å². The fourth-order valence-electron chi connectivity index (χ4n) is 3.10. The van der Waals surface area contributed by atoms with E-state index >= 15 is 0 Å². The normalized spacial score (nSPS) is 14.4. The molecule has 1 fully saturated rings. The number of aromatic nitrogens is 1. The summed E-state index contributed by atoms with van der Waals surface area (Å²) >= 11 is 1.69. The van der Waals surface area contributed by atoms with Gasteiger partial charge in [0, 0.05) is 35.5 Å². The third kappa shape index (κ3) is 3.81. The van der Waals surface area contributed by atoms with Crippen LogP contribution in [0.3, 0.4) is 0 Å². The molecule has 1 N–H and O–H groups in total. The molecule has 1 aliphatic rings. The minimum absolute atomic E-state index is 0.0920. The van der Waals surface area contributed by atoms with Crippen LogP contribution in [0.4, 0.5) is 11.4 Å². The van der Waals surface area contributed by atoms with Gasteiger partial charge in [0.25, 0.3) is 5.91 Å². The molecular formula is C20H21N3O2S. The van der Waals surface area contributed by atoms with Crippen LogP contribution in [0, 0.1) is 0 Å². The molecule has 1 aromatic carbocycles. The quantitative estimate of drug-likeness (QED) is 0.748. The summed E-state index contributed by atoms with van der Waals surface area (Å²) < 4.78 is 7.36. The lowest BCUT2D eigenvalue weighted by molar-refractivity contribution is 0.101. The summed E-state index contributed by atoms with van der Waals surface area (Å²) in [6.45, 7) is 4.05. The van der Waals surface area contributed by atoms with Crippen molar-refractivity contribution in [1.82, 2.24) is 4.57 Å². The maximum atomic E-state index is 12.7. The number of carbonyl (C=O) groups is 1. The number of carbonyl (C=O) groups excluding carboxylic acids is 1. The molecule has 1 saturated heterocycles. The molecule has 0 saturated carbocycles. The highest BCUT2D eigenvalue weighted by Gasteiger charge is 2.13. The molecule has 0 unspecified atom stereocenters. The molecule has 134 valence electrons. The van der Waals surface area contributed by atoms with Crippen LogP contribution in [-0.2, 0) is 11.3 Å². The highest BCUT2D eigenvalue weighted by Crippen LogP contribution is 2.20. The van der Waals surface area contributed by atoms with Crippen molar-refractivity contribution in [3.05, 3.63) is 70.7 Å². The number of nitrogens with zero attached hydrogens (tertiary/aromatic N) is 2. The van der Waals surface area contributed by atoms with Gasteiger partial charge in [-0.15, -0.1) is 11.3 Å². The number of rotatable bonds is 5. The summed E-state index contributed by atoms with van der Waals surface area (Å²) in [6.07, 6.45) is 1.94. The Labute approximate surface area is 156 Å². The van der Waals surface area contributed by atoms with E-state index in [0.29, 0.717) is 12.2 Å². The second-order valence-corrected chi connectivity index (χ2v) is 7.23. The molecule has 3 heterocycles. The zero-order valence-electron chi connectivity index (χ0n) is 14.4. The van der Waals surface area contributed by atoms with Gasteiger partial charge in [0.05, 0.1) is 19.8 Å². The number of hydrogen-bond acceptors (Lipinski definition) is 4. The molecule has 5 nitrogen and oxygen atoms in total. The van der Waals surface area contributed by atoms with Gasteiger partial charge in [0.2, 0.25) is 0 Å². The van der Waals surface area contributed by atoms with Gasteiger partial charge in [-0.25, -0.2) is 0 Å². The van der Waals surface area contributed by atoms with E-state index in [4.69, 9.17) is 4.74 Å². The molecule has 2 aromatic heterocycles. The van der Waals surface area contributed by atoms with Crippen molar-refractivity contribution in [3.8, 4) is 0 Å². The van der Waals surface area contributed by atoms with E-state index in [0.717, 1.165) is 37.7 Å². The Hall–Kier alpha value is -2.57. The molecular weight excluding hydrogens is 346 g/mol. The van der Waals surface area contributed by atoms with E-state index < -0.39 is 0 Å². The number of ether oxygens (including phenoxy) is 1. The van der Waals surface area contributed by atoms with Gasteiger partial charge in [0.1, 0.15) is 5.69 Å². The van der Waals surface area contributed by atoms with Gasteiger partial charge in [0.15, 0.2) is 0 Å². The SMILES string of the molecule is O=C(Nc1ccc(N2CCOCC2)cc1)c1cccn1Cc1cccs1. The van der Waals surface area contributed by atoms with Crippen molar-refractivity contribution < 1.29 is 9.53 Å². The lowest BCUT2D eigenvalue weighted by Crippen LogP contribution is -2.36. The van der Waals surface area contributed by atoms with Crippen LogP contribution >= 0.6 is 11.3 Å². The van der Waals surface area contributed by atoms with Crippen molar-refractivity contribution in [2.45, 2.75) is 6.54 Å². The lowest BCUT2D eigenvalue weighted by atomic mass is 10.2. The maximum Gasteiger partial charge on any atom is 0.272 e. The molecule has 26 heavy (non-hydrogen) atoms. The van der Waals surface area contributed by atoms with E-state index in [1.165, 1.54) is 4.88 Å². The number of morpholine rings is 1. The summed E-state index contributed by atoms with van der Waals surface area (Å²) in [5.41, 5.74) is 2.62. The summed E-state index contributed by atoms with van der Waals surface area (Å²) in [5.74, 6) is -0.0920. The number of anilines is 2. The number of nitrogens with one attached hydrogen (secondary N) is 1. The van der Waals surface area contributed by atoms with E-state index in [-0.39, 0.29) is 5.91 Å². The summed E-state index contributed by atoms with van der Waals surface area (Å²) in [7, 11) is 0. The van der Waals surface area contributed by atoms with Crippen LogP contribution in [0.1, 0.15) is 15.4 Å². The number of hydrogen-bond donors (Lipinski definition) is 1. The Kier molecular flexibility index (Phi) is 5.04. The zero-order chi connectivity index (χ0) is 17.8. The van der Waals surface area contributed by atoms with Crippen LogP contribution < -0.4 is 10.2 Å². The fraction of sp³-hybridized carbons (Fsp3) is 0.250. The fourth-order valence-corrected chi connectivity index (χ4v) is 3.80. The molecule has 0 aliphatic carbocycles. The Morgan fingerprint density at radius 1 is 1.08 bits per heavy atom.